The Bertz CT molecular complexity index is 323. The molecule has 0 saturated heterocycles. The lowest BCUT2D eigenvalue weighted by Crippen LogP contribution is -1.96. The monoisotopic (exact) mass is 178 g/mol. The van der Waals surface area contributed by atoms with Crippen LogP contribution in [0.2, 0.25) is 0 Å². The van der Waals surface area contributed by atoms with Gasteiger partial charge in [-0.15, -0.1) is 0 Å². The van der Waals surface area contributed by atoms with Crippen LogP contribution in [0.4, 0.5) is 0 Å². The number of carbonyl (C=O) groups excluding carboxylic acids is 1. The Labute approximate surface area is 73.4 Å². The van der Waals surface area contributed by atoms with E-state index in [0.29, 0.717) is 5.56 Å². The molecule has 0 radical (unpaired) electrons. The third kappa shape index (κ3) is 1.19. The number of hydrogen-bond donors (Lipinski definition) is 0. The maximum atomic E-state index is 11.5. The van der Waals surface area contributed by atoms with E-state index in [-0.39, 0.29) is 5.78 Å². The summed E-state index contributed by atoms with van der Waals surface area (Å²) < 4.78 is 4.82. The molecule has 0 unspecified atom stereocenters. The zero-order valence-corrected chi connectivity index (χ0v) is 7.01. The van der Waals surface area contributed by atoms with Crippen LogP contribution in [-0.4, -0.2) is 5.78 Å². The summed E-state index contributed by atoms with van der Waals surface area (Å²) >= 11 is 1.51. The van der Waals surface area contributed by atoms with Crippen LogP contribution in [-0.2, 0) is 0 Å². The molecule has 0 spiro atoms. The SMILES string of the molecule is O=C(c1ccoc1)c1ccsc1. The van der Waals surface area contributed by atoms with E-state index >= 15 is 0 Å². The molecule has 0 aliphatic heterocycles. The van der Waals surface area contributed by atoms with Gasteiger partial charge in [0.25, 0.3) is 0 Å². The van der Waals surface area contributed by atoms with Crippen molar-refractivity contribution in [2.45, 2.75) is 0 Å². The molecule has 0 bridgehead atoms. The van der Waals surface area contributed by atoms with E-state index in [1.54, 1.807) is 12.1 Å². The van der Waals surface area contributed by atoms with Gasteiger partial charge < -0.3 is 4.42 Å². The zero-order chi connectivity index (χ0) is 8.39. The third-order valence-electron chi connectivity index (χ3n) is 1.57. The summed E-state index contributed by atoms with van der Waals surface area (Å²) in [6.45, 7) is 0. The highest BCUT2D eigenvalue weighted by atomic mass is 32.1. The second kappa shape index (κ2) is 2.95. The Morgan fingerprint density at radius 2 is 2.25 bits per heavy atom. The van der Waals surface area contributed by atoms with Gasteiger partial charge in [0.2, 0.25) is 0 Å². The molecule has 0 atom stereocenters. The highest BCUT2D eigenvalue weighted by molar-refractivity contribution is 7.08. The van der Waals surface area contributed by atoms with Crippen molar-refractivity contribution in [1.82, 2.24) is 0 Å². The first-order valence-electron chi connectivity index (χ1n) is 3.47. The first kappa shape index (κ1) is 7.31. The minimum atomic E-state index is 0.0185. The summed E-state index contributed by atoms with van der Waals surface area (Å²) in [5.74, 6) is 0.0185. The predicted octanol–water partition coefficient (Wildman–Crippen LogP) is 2.57. The van der Waals surface area contributed by atoms with E-state index in [4.69, 9.17) is 4.42 Å². The Kier molecular flexibility index (Phi) is 1.80. The summed E-state index contributed by atoms with van der Waals surface area (Å²) in [5.41, 5.74) is 1.33. The average molecular weight is 178 g/mol. The van der Waals surface area contributed by atoms with Crippen molar-refractivity contribution in [3.63, 3.8) is 0 Å². The van der Waals surface area contributed by atoms with Gasteiger partial charge in [-0.2, -0.15) is 11.3 Å². The van der Waals surface area contributed by atoms with E-state index < -0.39 is 0 Å². The lowest BCUT2D eigenvalue weighted by Gasteiger charge is -1.89. The molecule has 0 fully saturated rings. The van der Waals surface area contributed by atoms with Crippen molar-refractivity contribution in [2.75, 3.05) is 0 Å². The molecule has 2 nitrogen and oxygen atoms in total. The molecule has 0 saturated carbocycles. The largest absolute Gasteiger partial charge is 0.472 e. The Hall–Kier alpha value is -1.35. The first-order valence-corrected chi connectivity index (χ1v) is 4.41. The summed E-state index contributed by atoms with van der Waals surface area (Å²) in [4.78, 5) is 11.5. The number of furan rings is 1. The molecule has 2 heterocycles. The van der Waals surface area contributed by atoms with Gasteiger partial charge in [-0.25, -0.2) is 0 Å². The fourth-order valence-corrected chi connectivity index (χ4v) is 1.59. The molecule has 2 aromatic rings. The number of rotatable bonds is 2. The van der Waals surface area contributed by atoms with Crippen molar-refractivity contribution in [2.24, 2.45) is 0 Å². The number of ketones is 1. The number of carbonyl (C=O) groups is 1. The van der Waals surface area contributed by atoms with Gasteiger partial charge in [0.15, 0.2) is 5.78 Å². The van der Waals surface area contributed by atoms with E-state index in [2.05, 4.69) is 0 Å². The topological polar surface area (TPSA) is 30.2 Å². The van der Waals surface area contributed by atoms with Crippen LogP contribution in [0.1, 0.15) is 15.9 Å². The molecular weight excluding hydrogens is 172 g/mol. The molecule has 0 aliphatic carbocycles. The van der Waals surface area contributed by atoms with Crippen molar-refractivity contribution in [3.05, 3.63) is 46.5 Å². The molecule has 0 aromatic carbocycles. The zero-order valence-electron chi connectivity index (χ0n) is 6.19. The van der Waals surface area contributed by atoms with Gasteiger partial charge in [0.1, 0.15) is 6.26 Å². The minimum Gasteiger partial charge on any atom is -0.472 e. The predicted molar refractivity (Wildman–Crippen MR) is 46.5 cm³/mol. The summed E-state index contributed by atoms with van der Waals surface area (Å²) in [6, 6.07) is 3.47. The summed E-state index contributed by atoms with van der Waals surface area (Å²) in [5, 5.41) is 3.71. The normalized spacial score (nSPS) is 10.0. The first-order chi connectivity index (χ1) is 5.88. The van der Waals surface area contributed by atoms with Gasteiger partial charge in [-0.1, -0.05) is 0 Å². The van der Waals surface area contributed by atoms with Crippen LogP contribution in [0, 0.1) is 0 Å². The molecule has 0 N–H and O–H groups in total. The third-order valence-corrected chi connectivity index (χ3v) is 2.25. The van der Waals surface area contributed by atoms with Crippen molar-refractivity contribution in [3.8, 4) is 0 Å². The van der Waals surface area contributed by atoms with Gasteiger partial charge in [-0.3, -0.25) is 4.79 Å². The second-order valence-electron chi connectivity index (χ2n) is 2.35. The van der Waals surface area contributed by atoms with Gasteiger partial charge in [0.05, 0.1) is 11.8 Å². The van der Waals surface area contributed by atoms with Gasteiger partial charge >= 0.3 is 0 Å². The Morgan fingerprint density at radius 3 is 2.83 bits per heavy atom. The van der Waals surface area contributed by atoms with Gasteiger partial charge in [-0.05, 0) is 17.5 Å². The van der Waals surface area contributed by atoms with E-state index in [9.17, 15) is 4.79 Å². The van der Waals surface area contributed by atoms with Crippen LogP contribution in [0.15, 0.2) is 39.8 Å². The van der Waals surface area contributed by atoms with Crippen molar-refractivity contribution >= 4 is 17.1 Å². The van der Waals surface area contributed by atoms with E-state index in [0.717, 1.165) is 5.56 Å². The van der Waals surface area contributed by atoms with Crippen LogP contribution in [0.5, 0.6) is 0 Å². The Morgan fingerprint density at radius 1 is 1.33 bits per heavy atom. The molecule has 0 amide bonds. The number of thiophene rings is 1. The number of hydrogen-bond acceptors (Lipinski definition) is 3. The second-order valence-corrected chi connectivity index (χ2v) is 3.13. The van der Waals surface area contributed by atoms with Crippen molar-refractivity contribution < 1.29 is 9.21 Å². The highest BCUT2D eigenvalue weighted by Crippen LogP contribution is 2.12. The van der Waals surface area contributed by atoms with E-state index in [1.807, 2.05) is 10.8 Å². The molecule has 12 heavy (non-hydrogen) atoms. The van der Waals surface area contributed by atoms with Crippen LogP contribution in [0.3, 0.4) is 0 Å². The lowest BCUT2D eigenvalue weighted by atomic mass is 10.1. The summed E-state index contributed by atoms with van der Waals surface area (Å²) in [6.07, 6.45) is 2.96. The van der Waals surface area contributed by atoms with Crippen LogP contribution < -0.4 is 0 Å². The van der Waals surface area contributed by atoms with Crippen LogP contribution in [0.25, 0.3) is 0 Å². The quantitative estimate of drug-likeness (QED) is 0.661. The fraction of sp³-hybridized carbons (Fsp3) is 0. The molecule has 2 aromatic heterocycles. The standard InChI is InChI=1S/C9H6O2S/c10-9(7-1-3-11-5-7)8-2-4-12-6-8/h1-6H. The highest BCUT2D eigenvalue weighted by Gasteiger charge is 2.09. The molecule has 2 rings (SSSR count). The van der Waals surface area contributed by atoms with Crippen molar-refractivity contribution in [1.29, 1.82) is 0 Å². The molecule has 3 heteroatoms. The van der Waals surface area contributed by atoms with Gasteiger partial charge in [0, 0.05) is 10.9 Å². The Balaban J connectivity index is 2.34. The molecule has 60 valence electrons. The average Bonchev–Trinajstić information content (AvgIpc) is 2.77. The fourth-order valence-electron chi connectivity index (χ4n) is 0.954. The maximum absolute atomic E-state index is 11.5. The smallest absolute Gasteiger partial charge is 0.197 e. The van der Waals surface area contributed by atoms with Crippen LogP contribution >= 0.6 is 11.3 Å². The lowest BCUT2D eigenvalue weighted by molar-refractivity contribution is 0.103. The summed E-state index contributed by atoms with van der Waals surface area (Å²) in [7, 11) is 0. The molecule has 0 aliphatic rings. The molecular formula is C9H6O2S. The maximum Gasteiger partial charge on any atom is 0.197 e. The minimum absolute atomic E-state index is 0.0185. The van der Waals surface area contributed by atoms with E-state index in [1.165, 1.54) is 23.9 Å².